The first-order valence-corrected chi connectivity index (χ1v) is 9.02. The van der Waals surface area contributed by atoms with E-state index in [2.05, 4.69) is 5.32 Å². The number of rotatable bonds is 5. The van der Waals surface area contributed by atoms with Crippen molar-refractivity contribution in [2.75, 3.05) is 18.5 Å². The monoisotopic (exact) mass is 409 g/mol. The van der Waals surface area contributed by atoms with Crippen LogP contribution in [0.4, 0.5) is 5.69 Å². The Balaban J connectivity index is 1.56. The minimum absolute atomic E-state index is 0.00988. The van der Waals surface area contributed by atoms with Crippen molar-refractivity contribution in [2.24, 2.45) is 0 Å². The van der Waals surface area contributed by atoms with E-state index in [0.29, 0.717) is 46.0 Å². The summed E-state index contributed by atoms with van der Waals surface area (Å²) in [5.74, 6) is 0.215. The van der Waals surface area contributed by atoms with Gasteiger partial charge in [-0.1, -0.05) is 29.3 Å². The van der Waals surface area contributed by atoms with E-state index in [9.17, 15) is 9.59 Å². The number of amides is 1. The number of carbonyl (C=O) groups is 2. The second kappa shape index (κ2) is 8.50. The van der Waals surface area contributed by atoms with E-state index in [1.54, 1.807) is 30.3 Å². The van der Waals surface area contributed by atoms with Crippen LogP contribution in [0.15, 0.2) is 36.4 Å². The molecule has 0 bridgehead atoms. The summed E-state index contributed by atoms with van der Waals surface area (Å²) in [5.41, 5.74) is 1.10. The number of carbonyl (C=O) groups excluding carboxylic acids is 2. The number of anilines is 1. The molecule has 142 valence electrons. The highest BCUT2D eigenvalue weighted by atomic mass is 35.5. The summed E-state index contributed by atoms with van der Waals surface area (Å²) in [7, 11) is 0. The average molecular weight is 410 g/mol. The molecule has 1 heterocycles. The lowest BCUT2D eigenvalue weighted by Gasteiger charge is -2.19. The van der Waals surface area contributed by atoms with Crippen molar-refractivity contribution in [1.82, 2.24) is 0 Å². The lowest BCUT2D eigenvalue weighted by molar-refractivity contribution is -0.152. The predicted octanol–water partition coefficient (Wildman–Crippen LogP) is 3.88. The molecule has 6 nitrogen and oxygen atoms in total. The normalized spacial score (nSPS) is 13.6. The van der Waals surface area contributed by atoms with Gasteiger partial charge in [0.25, 0.3) is 5.91 Å². The highest BCUT2D eigenvalue weighted by Crippen LogP contribution is 2.31. The molecule has 27 heavy (non-hydrogen) atoms. The van der Waals surface area contributed by atoms with Crippen LogP contribution in [0.2, 0.25) is 10.0 Å². The fraction of sp³-hybridized carbons (Fsp3) is 0.263. The Bertz CT molecular complexity index is 871. The molecule has 1 atom stereocenters. The molecule has 1 aliphatic rings. The van der Waals surface area contributed by atoms with Gasteiger partial charge in [0.1, 0.15) is 13.2 Å². The molecule has 3 rings (SSSR count). The van der Waals surface area contributed by atoms with Crippen molar-refractivity contribution < 1.29 is 23.8 Å². The molecule has 0 radical (unpaired) electrons. The topological polar surface area (TPSA) is 73.9 Å². The summed E-state index contributed by atoms with van der Waals surface area (Å²) in [6.45, 7) is 2.45. The summed E-state index contributed by atoms with van der Waals surface area (Å²) >= 11 is 11.8. The zero-order valence-electron chi connectivity index (χ0n) is 14.5. The number of nitrogens with one attached hydrogen (secondary N) is 1. The van der Waals surface area contributed by atoms with E-state index in [0.717, 1.165) is 0 Å². The number of ether oxygens (including phenoxy) is 3. The second-order valence-corrected chi connectivity index (χ2v) is 6.74. The summed E-state index contributed by atoms with van der Waals surface area (Å²) in [5, 5.41) is 3.36. The van der Waals surface area contributed by atoms with Crippen LogP contribution in [-0.4, -0.2) is 31.2 Å². The Morgan fingerprint density at radius 2 is 1.85 bits per heavy atom. The minimum atomic E-state index is -0.985. The molecule has 0 aliphatic carbocycles. The minimum Gasteiger partial charge on any atom is -0.486 e. The van der Waals surface area contributed by atoms with E-state index in [1.807, 2.05) is 0 Å². The maximum atomic E-state index is 12.2. The predicted molar refractivity (Wildman–Crippen MR) is 102 cm³/mol. The van der Waals surface area contributed by atoms with Gasteiger partial charge in [0.15, 0.2) is 17.6 Å². The first-order valence-electron chi connectivity index (χ1n) is 8.26. The number of halogens is 2. The Morgan fingerprint density at radius 1 is 1.11 bits per heavy atom. The van der Waals surface area contributed by atoms with Crippen LogP contribution in [-0.2, 0) is 20.7 Å². The van der Waals surface area contributed by atoms with Gasteiger partial charge in [-0.05, 0) is 42.8 Å². The van der Waals surface area contributed by atoms with E-state index in [1.165, 1.54) is 13.0 Å². The molecular formula is C19H17Cl2NO5. The number of hydrogen-bond acceptors (Lipinski definition) is 5. The Labute approximate surface area is 166 Å². The van der Waals surface area contributed by atoms with Gasteiger partial charge in [-0.15, -0.1) is 0 Å². The van der Waals surface area contributed by atoms with Crippen molar-refractivity contribution in [1.29, 1.82) is 0 Å². The lowest BCUT2D eigenvalue weighted by Crippen LogP contribution is -2.30. The van der Waals surface area contributed by atoms with Gasteiger partial charge in [-0.25, -0.2) is 0 Å². The van der Waals surface area contributed by atoms with Crippen molar-refractivity contribution in [3.8, 4) is 11.5 Å². The maximum absolute atomic E-state index is 12.2. The van der Waals surface area contributed by atoms with Gasteiger partial charge in [-0.3, -0.25) is 9.59 Å². The Morgan fingerprint density at radius 3 is 2.59 bits per heavy atom. The van der Waals surface area contributed by atoms with Gasteiger partial charge in [0, 0.05) is 5.02 Å². The molecule has 0 saturated heterocycles. The average Bonchev–Trinajstić information content (AvgIpc) is 2.63. The zero-order chi connectivity index (χ0) is 19.4. The number of benzene rings is 2. The van der Waals surface area contributed by atoms with E-state index < -0.39 is 18.0 Å². The van der Waals surface area contributed by atoms with Gasteiger partial charge in [-0.2, -0.15) is 0 Å². The fourth-order valence-corrected chi connectivity index (χ4v) is 2.94. The summed E-state index contributed by atoms with van der Waals surface area (Å²) in [6, 6.07) is 9.92. The largest absolute Gasteiger partial charge is 0.486 e. The van der Waals surface area contributed by atoms with Gasteiger partial charge >= 0.3 is 5.97 Å². The molecule has 0 fully saturated rings. The number of fused-ring (bicyclic) bond motifs is 1. The molecular weight excluding hydrogens is 393 g/mol. The number of esters is 1. The Hall–Kier alpha value is -2.44. The fourth-order valence-electron chi connectivity index (χ4n) is 2.48. The zero-order valence-corrected chi connectivity index (χ0v) is 16.0. The smallest absolute Gasteiger partial charge is 0.311 e. The second-order valence-electron chi connectivity index (χ2n) is 5.90. The van der Waals surface area contributed by atoms with Crippen molar-refractivity contribution >= 4 is 40.8 Å². The van der Waals surface area contributed by atoms with Crippen LogP contribution in [0.1, 0.15) is 12.5 Å². The van der Waals surface area contributed by atoms with E-state index in [4.69, 9.17) is 37.4 Å². The van der Waals surface area contributed by atoms with Crippen molar-refractivity contribution in [3.05, 3.63) is 52.0 Å². The van der Waals surface area contributed by atoms with E-state index in [-0.39, 0.29) is 6.42 Å². The van der Waals surface area contributed by atoms with Crippen LogP contribution in [0.25, 0.3) is 0 Å². The molecule has 2 aromatic rings. The molecule has 1 N–H and O–H groups in total. The van der Waals surface area contributed by atoms with Crippen molar-refractivity contribution in [3.63, 3.8) is 0 Å². The highest BCUT2D eigenvalue weighted by Gasteiger charge is 2.20. The standard InChI is InChI=1S/C19H17Cl2NO5/c1-11(19(24)22-15-4-3-13(20)10-14(15)21)27-18(23)9-12-2-5-16-17(8-12)26-7-6-25-16/h2-5,8,10-11H,6-7,9H2,1H3,(H,22,24)/t11-/m0/s1. The van der Waals surface area contributed by atoms with Crippen LogP contribution >= 0.6 is 23.2 Å². The molecule has 0 saturated carbocycles. The van der Waals surface area contributed by atoms with Crippen LogP contribution in [0.5, 0.6) is 11.5 Å². The molecule has 0 spiro atoms. The van der Waals surface area contributed by atoms with Crippen LogP contribution in [0, 0.1) is 0 Å². The van der Waals surface area contributed by atoms with Gasteiger partial charge < -0.3 is 19.5 Å². The summed E-state index contributed by atoms with van der Waals surface area (Å²) < 4.78 is 16.1. The van der Waals surface area contributed by atoms with Crippen molar-refractivity contribution in [2.45, 2.75) is 19.4 Å². The van der Waals surface area contributed by atoms with Gasteiger partial charge in [0.2, 0.25) is 0 Å². The first kappa shape index (κ1) is 19.3. The molecule has 1 aliphatic heterocycles. The number of hydrogen-bond donors (Lipinski definition) is 1. The van der Waals surface area contributed by atoms with Crippen LogP contribution in [0.3, 0.4) is 0 Å². The molecule has 2 aromatic carbocycles. The Kier molecular flexibility index (Phi) is 6.08. The summed E-state index contributed by atoms with van der Waals surface area (Å²) in [6.07, 6.45) is -0.975. The molecule has 0 aromatic heterocycles. The highest BCUT2D eigenvalue weighted by molar-refractivity contribution is 6.36. The molecule has 0 unspecified atom stereocenters. The lowest BCUT2D eigenvalue weighted by atomic mass is 10.1. The first-order chi connectivity index (χ1) is 12.9. The third kappa shape index (κ3) is 5.05. The SMILES string of the molecule is C[C@H](OC(=O)Cc1ccc2c(c1)OCCO2)C(=O)Nc1ccc(Cl)cc1Cl. The van der Waals surface area contributed by atoms with Gasteiger partial charge in [0.05, 0.1) is 17.1 Å². The quantitative estimate of drug-likeness (QED) is 0.758. The summed E-state index contributed by atoms with van der Waals surface area (Å²) in [4.78, 5) is 24.4. The van der Waals surface area contributed by atoms with E-state index >= 15 is 0 Å². The third-order valence-corrected chi connectivity index (χ3v) is 4.37. The third-order valence-electron chi connectivity index (χ3n) is 3.82. The maximum Gasteiger partial charge on any atom is 0.311 e. The van der Waals surface area contributed by atoms with Crippen LogP contribution < -0.4 is 14.8 Å². The molecule has 1 amide bonds. The molecule has 8 heteroatoms.